The number of nitrogens with one attached hydrogen (secondary N) is 1. The first-order valence-electron chi connectivity index (χ1n) is 7.26. The van der Waals surface area contributed by atoms with Gasteiger partial charge in [-0.05, 0) is 40.5 Å². The standard InChI is InChI=1S/C14H13BrN4O4S/c15-9-6-16-19(7-9)10-3-4-18(8-10)24(21,22)11-1-2-13-12(5-11)17-14(20)23-13/h1-2,5-7,10H,3-4,8H2,(H,17,20). The molecule has 10 heteroatoms. The van der Waals surface area contributed by atoms with E-state index in [4.69, 9.17) is 4.42 Å². The van der Waals surface area contributed by atoms with Crippen molar-refractivity contribution in [1.82, 2.24) is 19.1 Å². The number of halogens is 1. The molecule has 126 valence electrons. The van der Waals surface area contributed by atoms with E-state index in [0.717, 1.165) is 4.47 Å². The molecule has 1 aliphatic rings. The molecule has 1 N–H and O–H groups in total. The molecule has 0 amide bonds. The fourth-order valence-corrected chi connectivity index (χ4v) is 4.72. The highest BCUT2D eigenvalue weighted by molar-refractivity contribution is 9.10. The quantitative estimate of drug-likeness (QED) is 0.705. The Bertz CT molecular complexity index is 1070. The first-order chi connectivity index (χ1) is 11.4. The van der Waals surface area contributed by atoms with Gasteiger partial charge in [-0.2, -0.15) is 9.40 Å². The van der Waals surface area contributed by atoms with Crippen molar-refractivity contribution >= 4 is 37.1 Å². The van der Waals surface area contributed by atoms with Crippen LogP contribution in [0.1, 0.15) is 12.5 Å². The normalized spacial score (nSPS) is 19.3. The number of hydrogen-bond donors (Lipinski definition) is 1. The van der Waals surface area contributed by atoms with Crippen LogP contribution in [0.2, 0.25) is 0 Å². The van der Waals surface area contributed by atoms with E-state index in [1.54, 1.807) is 10.9 Å². The maximum Gasteiger partial charge on any atom is 0.417 e. The molecule has 1 saturated heterocycles. The molecule has 2 aromatic heterocycles. The summed E-state index contributed by atoms with van der Waals surface area (Å²) in [5.41, 5.74) is 0.701. The van der Waals surface area contributed by atoms with Crippen molar-refractivity contribution in [2.75, 3.05) is 13.1 Å². The summed E-state index contributed by atoms with van der Waals surface area (Å²) in [5, 5.41) is 4.23. The van der Waals surface area contributed by atoms with E-state index in [9.17, 15) is 13.2 Å². The average Bonchev–Trinajstić information content (AvgIpc) is 3.23. The minimum absolute atomic E-state index is 0.00328. The van der Waals surface area contributed by atoms with Gasteiger partial charge >= 0.3 is 5.76 Å². The first kappa shape index (κ1) is 15.6. The summed E-state index contributed by atoms with van der Waals surface area (Å²) in [4.78, 5) is 13.8. The molecule has 3 aromatic rings. The maximum absolute atomic E-state index is 12.8. The van der Waals surface area contributed by atoms with Crippen molar-refractivity contribution in [2.24, 2.45) is 0 Å². The minimum Gasteiger partial charge on any atom is -0.408 e. The second kappa shape index (κ2) is 5.57. The molecule has 1 fully saturated rings. The monoisotopic (exact) mass is 412 g/mol. The number of H-pyrrole nitrogens is 1. The summed E-state index contributed by atoms with van der Waals surface area (Å²) in [6.45, 7) is 0.779. The zero-order valence-corrected chi connectivity index (χ0v) is 14.7. The predicted octanol–water partition coefficient (Wildman–Crippen LogP) is 1.72. The number of rotatable bonds is 3. The Hall–Kier alpha value is -1.91. The minimum atomic E-state index is -3.64. The smallest absolute Gasteiger partial charge is 0.408 e. The van der Waals surface area contributed by atoms with Crippen LogP contribution < -0.4 is 5.76 Å². The van der Waals surface area contributed by atoms with Crippen LogP contribution in [0.15, 0.2) is 49.2 Å². The van der Waals surface area contributed by atoms with Crippen LogP contribution in [-0.2, 0) is 10.0 Å². The Morgan fingerprint density at radius 2 is 2.21 bits per heavy atom. The highest BCUT2D eigenvalue weighted by Crippen LogP contribution is 2.28. The van der Waals surface area contributed by atoms with E-state index in [0.29, 0.717) is 30.6 Å². The molecule has 1 aliphatic heterocycles. The van der Waals surface area contributed by atoms with Crippen LogP contribution in [0.4, 0.5) is 0 Å². The molecule has 0 saturated carbocycles. The van der Waals surface area contributed by atoms with Crippen LogP contribution in [0.3, 0.4) is 0 Å². The van der Waals surface area contributed by atoms with Crippen LogP contribution in [0, 0.1) is 0 Å². The molecule has 24 heavy (non-hydrogen) atoms. The van der Waals surface area contributed by atoms with Gasteiger partial charge in [-0.25, -0.2) is 13.2 Å². The summed E-state index contributed by atoms with van der Waals surface area (Å²) in [6, 6.07) is 4.36. The highest BCUT2D eigenvalue weighted by atomic mass is 79.9. The Morgan fingerprint density at radius 3 is 2.96 bits per heavy atom. The van der Waals surface area contributed by atoms with E-state index < -0.39 is 15.8 Å². The van der Waals surface area contributed by atoms with E-state index in [2.05, 4.69) is 26.0 Å². The number of aromatic nitrogens is 3. The Kier molecular flexibility index (Phi) is 3.62. The van der Waals surface area contributed by atoms with E-state index in [1.807, 2.05) is 6.20 Å². The predicted molar refractivity (Wildman–Crippen MR) is 89.2 cm³/mol. The molecule has 1 aromatic carbocycles. The maximum atomic E-state index is 12.8. The third-order valence-corrected chi connectivity index (χ3v) is 6.37. The van der Waals surface area contributed by atoms with Crippen molar-refractivity contribution in [2.45, 2.75) is 17.4 Å². The zero-order valence-electron chi connectivity index (χ0n) is 12.3. The van der Waals surface area contributed by atoms with Crippen LogP contribution in [-0.4, -0.2) is 40.6 Å². The third kappa shape index (κ3) is 2.60. The second-order valence-corrected chi connectivity index (χ2v) is 8.47. The van der Waals surface area contributed by atoms with Gasteiger partial charge in [0.1, 0.15) is 0 Å². The Labute approximate surface area is 145 Å². The Morgan fingerprint density at radius 1 is 1.38 bits per heavy atom. The topological polar surface area (TPSA) is 101 Å². The number of nitrogens with zero attached hydrogens (tertiary/aromatic N) is 3. The van der Waals surface area contributed by atoms with Crippen molar-refractivity contribution in [1.29, 1.82) is 0 Å². The van der Waals surface area contributed by atoms with Gasteiger partial charge in [-0.1, -0.05) is 0 Å². The van der Waals surface area contributed by atoms with Crippen molar-refractivity contribution < 1.29 is 12.8 Å². The lowest BCUT2D eigenvalue weighted by molar-refractivity contribution is 0.434. The summed E-state index contributed by atoms with van der Waals surface area (Å²) in [7, 11) is -3.64. The summed E-state index contributed by atoms with van der Waals surface area (Å²) >= 11 is 3.34. The van der Waals surface area contributed by atoms with Gasteiger partial charge in [-0.3, -0.25) is 9.67 Å². The van der Waals surface area contributed by atoms with Crippen molar-refractivity contribution in [3.05, 3.63) is 45.6 Å². The lowest BCUT2D eigenvalue weighted by Crippen LogP contribution is -2.29. The number of benzene rings is 1. The summed E-state index contributed by atoms with van der Waals surface area (Å²) in [6.07, 6.45) is 4.21. The number of sulfonamides is 1. The van der Waals surface area contributed by atoms with Crippen molar-refractivity contribution in [3.63, 3.8) is 0 Å². The van der Waals surface area contributed by atoms with Gasteiger partial charge in [0.25, 0.3) is 0 Å². The summed E-state index contributed by atoms with van der Waals surface area (Å²) in [5.74, 6) is -0.606. The van der Waals surface area contributed by atoms with Crippen LogP contribution in [0.5, 0.6) is 0 Å². The fourth-order valence-electron chi connectivity index (χ4n) is 2.90. The fraction of sp³-hybridized carbons (Fsp3) is 0.286. The van der Waals surface area contributed by atoms with Crippen LogP contribution in [0.25, 0.3) is 11.1 Å². The van der Waals surface area contributed by atoms with Gasteiger partial charge in [-0.15, -0.1) is 0 Å². The van der Waals surface area contributed by atoms with Gasteiger partial charge in [0.2, 0.25) is 10.0 Å². The molecule has 0 bridgehead atoms. The van der Waals surface area contributed by atoms with Gasteiger partial charge in [0, 0.05) is 19.3 Å². The SMILES string of the molecule is O=c1[nH]c2cc(S(=O)(=O)N3CCC(n4cc(Br)cn4)C3)ccc2o1. The molecular formula is C14H13BrN4O4S. The molecule has 1 atom stereocenters. The lowest BCUT2D eigenvalue weighted by Gasteiger charge is -2.16. The number of fused-ring (bicyclic) bond motifs is 1. The summed E-state index contributed by atoms with van der Waals surface area (Å²) < 4.78 is 34.6. The van der Waals surface area contributed by atoms with Crippen LogP contribution >= 0.6 is 15.9 Å². The van der Waals surface area contributed by atoms with E-state index >= 15 is 0 Å². The first-order valence-corrected chi connectivity index (χ1v) is 9.49. The van der Waals surface area contributed by atoms with Crippen molar-refractivity contribution in [3.8, 4) is 0 Å². The van der Waals surface area contributed by atoms with E-state index in [1.165, 1.54) is 22.5 Å². The second-order valence-electron chi connectivity index (χ2n) is 5.62. The molecule has 4 rings (SSSR count). The molecular weight excluding hydrogens is 400 g/mol. The lowest BCUT2D eigenvalue weighted by atomic mass is 10.3. The zero-order chi connectivity index (χ0) is 16.9. The number of hydrogen-bond acceptors (Lipinski definition) is 5. The molecule has 8 nitrogen and oxygen atoms in total. The van der Waals surface area contributed by atoms with E-state index in [-0.39, 0.29) is 10.9 Å². The molecule has 3 heterocycles. The van der Waals surface area contributed by atoms with Gasteiger partial charge < -0.3 is 4.42 Å². The van der Waals surface area contributed by atoms with Gasteiger partial charge in [0.05, 0.1) is 27.1 Å². The Balaban J connectivity index is 1.63. The third-order valence-electron chi connectivity index (χ3n) is 4.10. The average molecular weight is 413 g/mol. The largest absolute Gasteiger partial charge is 0.417 e. The molecule has 0 aliphatic carbocycles. The molecule has 0 radical (unpaired) electrons. The number of aromatic amines is 1. The van der Waals surface area contributed by atoms with Gasteiger partial charge in [0.15, 0.2) is 5.58 Å². The molecule has 1 unspecified atom stereocenters. The number of oxazole rings is 1. The highest BCUT2D eigenvalue weighted by Gasteiger charge is 2.34. The molecule has 0 spiro atoms.